The van der Waals surface area contributed by atoms with E-state index in [2.05, 4.69) is 15.3 Å². The van der Waals surface area contributed by atoms with Crippen LogP contribution in [-0.2, 0) is 11.8 Å². The van der Waals surface area contributed by atoms with E-state index in [0.717, 1.165) is 18.4 Å². The number of nitrogens with one attached hydrogen (secondary N) is 1. The molecule has 4 rings (SSSR count). The highest BCUT2D eigenvalue weighted by atomic mass is 35.5. The highest BCUT2D eigenvalue weighted by molar-refractivity contribution is 6.39. The first-order chi connectivity index (χ1) is 11.6. The van der Waals surface area contributed by atoms with Crippen LogP contribution in [0.15, 0.2) is 30.5 Å². The Labute approximate surface area is 148 Å². The molecule has 0 radical (unpaired) electrons. The van der Waals surface area contributed by atoms with Gasteiger partial charge in [0, 0.05) is 19.2 Å². The van der Waals surface area contributed by atoms with Crippen molar-refractivity contribution in [3.05, 3.63) is 40.5 Å². The van der Waals surface area contributed by atoms with Gasteiger partial charge in [-0.15, -0.1) is 0 Å². The van der Waals surface area contributed by atoms with Gasteiger partial charge in [-0.05, 0) is 31.0 Å². The molecule has 2 aromatic heterocycles. The Bertz CT molecular complexity index is 942. The van der Waals surface area contributed by atoms with Crippen molar-refractivity contribution >= 4 is 46.0 Å². The third-order valence-corrected chi connectivity index (χ3v) is 4.81. The van der Waals surface area contributed by atoms with Crippen molar-refractivity contribution in [2.75, 3.05) is 5.32 Å². The van der Waals surface area contributed by atoms with E-state index in [0.29, 0.717) is 32.8 Å². The van der Waals surface area contributed by atoms with Gasteiger partial charge in [0.05, 0.1) is 21.1 Å². The van der Waals surface area contributed by atoms with Crippen LogP contribution in [0.4, 0.5) is 5.82 Å². The summed E-state index contributed by atoms with van der Waals surface area (Å²) in [5.41, 5.74) is 2.14. The Balaban J connectivity index is 1.86. The number of aromatic nitrogens is 3. The zero-order valence-electron chi connectivity index (χ0n) is 12.9. The summed E-state index contributed by atoms with van der Waals surface area (Å²) in [5.74, 6) is 1.20. The predicted molar refractivity (Wildman–Crippen MR) is 95.3 cm³/mol. The maximum atomic E-state index is 12.1. The van der Waals surface area contributed by atoms with Gasteiger partial charge in [0.25, 0.3) is 0 Å². The van der Waals surface area contributed by atoms with Crippen LogP contribution < -0.4 is 5.32 Å². The number of imidazole rings is 1. The van der Waals surface area contributed by atoms with E-state index < -0.39 is 0 Å². The molecule has 1 aliphatic carbocycles. The van der Waals surface area contributed by atoms with Crippen LogP contribution in [0.2, 0.25) is 10.0 Å². The topological polar surface area (TPSA) is 59.8 Å². The Morgan fingerprint density at radius 2 is 1.96 bits per heavy atom. The van der Waals surface area contributed by atoms with Gasteiger partial charge in [-0.2, -0.15) is 0 Å². The van der Waals surface area contributed by atoms with Crippen molar-refractivity contribution in [3.63, 3.8) is 0 Å². The number of halogens is 2. The monoisotopic (exact) mass is 360 g/mol. The highest BCUT2D eigenvalue weighted by Gasteiger charge is 2.30. The molecular weight excluding hydrogens is 347 g/mol. The number of pyridine rings is 1. The van der Waals surface area contributed by atoms with Crippen molar-refractivity contribution in [1.82, 2.24) is 14.5 Å². The Hall–Kier alpha value is -2.11. The SMILES string of the molecule is Cn1c(-c2c(Cl)cccc2Cl)nc2c(NC(=O)C3CC3)nccc21. The minimum absolute atomic E-state index is 0.00187. The first-order valence-electron chi connectivity index (χ1n) is 7.63. The van der Waals surface area contributed by atoms with Crippen molar-refractivity contribution in [2.24, 2.45) is 13.0 Å². The molecule has 3 aromatic rings. The second kappa shape index (κ2) is 5.76. The summed E-state index contributed by atoms with van der Waals surface area (Å²) in [7, 11) is 1.89. The lowest BCUT2D eigenvalue weighted by molar-refractivity contribution is -0.117. The number of carbonyl (C=O) groups excluding carboxylic acids is 1. The molecule has 1 N–H and O–H groups in total. The number of anilines is 1. The first-order valence-corrected chi connectivity index (χ1v) is 8.38. The molecule has 0 bridgehead atoms. The van der Waals surface area contributed by atoms with Crippen LogP contribution in [0.1, 0.15) is 12.8 Å². The van der Waals surface area contributed by atoms with Crippen LogP contribution in [0.25, 0.3) is 22.4 Å². The molecule has 0 unspecified atom stereocenters. The molecule has 1 amide bonds. The molecule has 5 nitrogen and oxygen atoms in total. The van der Waals surface area contributed by atoms with E-state index >= 15 is 0 Å². The number of nitrogens with zero attached hydrogens (tertiary/aromatic N) is 3. The number of hydrogen-bond acceptors (Lipinski definition) is 3. The van der Waals surface area contributed by atoms with Crippen molar-refractivity contribution in [3.8, 4) is 11.4 Å². The zero-order valence-corrected chi connectivity index (χ0v) is 14.4. The minimum atomic E-state index is -0.00187. The lowest BCUT2D eigenvalue weighted by atomic mass is 10.2. The van der Waals surface area contributed by atoms with Gasteiger partial charge < -0.3 is 9.88 Å². The van der Waals surface area contributed by atoms with E-state index in [1.165, 1.54) is 0 Å². The molecule has 0 spiro atoms. The second-order valence-electron chi connectivity index (χ2n) is 5.88. The Kier molecular flexibility index (Phi) is 3.70. The van der Waals surface area contributed by atoms with Gasteiger partial charge in [0.15, 0.2) is 5.82 Å². The molecule has 122 valence electrons. The third kappa shape index (κ3) is 2.54. The number of aryl methyl sites for hydroxylation is 1. The second-order valence-corrected chi connectivity index (χ2v) is 6.70. The largest absolute Gasteiger partial charge is 0.327 e. The molecule has 1 aliphatic rings. The lowest BCUT2D eigenvalue weighted by Gasteiger charge is -2.06. The smallest absolute Gasteiger partial charge is 0.228 e. The summed E-state index contributed by atoms with van der Waals surface area (Å²) < 4.78 is 1.90. The van der Waals surface area contributed by atoms with Gasteiger partial charge in [0.1, 0.15) is 11.3 Å². The average Bonchev–Trinajstić information content (AvgIpc) is 3.34. The summed E-state index contributed by atoms with van der Waals surface area (Å²) >= 11 is 12.6. The molecule has 1 aromatic carbocycles. The Morgan fingerprint density at radius 3 is 2.62 bits per heavy atom. The zero-order chi connectivity index (χ0) is 16.8. The van der Waals surface area contributed by atoms with Gasteiger partial charge in [-0.3, -0.25) is 4.79 Å². The summed E-state index contributed by atoms with van der Waals surface area (Å²) in [5, 5.41) is 3.93. The fourth-order valence-electron chi connectivity index (χ4n) is 2.71. The molecule has 1 saturated carbocycles. The standard InChI is InChI=1S/C17H14Cl2N4O/c1-23-12-7-8-20-15(22-17(24)9-5-6-9)14(12)21-16(23)13-10(18)3-2-4-11(13)19/h2-4,7-9H,5-6H2,1H3,(H,20,22,24). The molecule has 0 aliphatic heterocycles. The normalized spacial score (nSPS) is 14.1. The number of rotatable bonds is 3. The fraction of sp³-hybridized carbons (Fsp3) is 0.235. The van der Waals surface area contributed by atoms with E-state index in [-0.39, 0.29) is 11.8 Å². The van der Waals surface area contributed by atoms with Crippen LogP contribution in [0.5, 0.6) is 0 Å². The van der Waals surface area contributed by atoms with Crippen molar-refractivity contribution in [2.45, 2.75) is 12.8 Å². The van der Waals surface area contributed by atoms with Crippen LogP contribution in [0.3, 0.4) is 0 Å². The van der Waals surface area contributed by atoms with E-state index in [1.807, 2.05) is 17.7 Å². The average molecular weight is 361 g/mol. The lowest BCUT2D eigenvalue weighted by Crippen LogP contribution is -2.14. The molecule has 0 saturated heterocycles. The number of carbonyl (C=O) groups is 1. The summed E-state index contributed by atoms with van der Waals surface area (Å²) in [6.07, 6.45) is 3.53. The summed E-state index contributed by atoms with van der Waals surface area (Å²) in [6, 6.07) is 7.19. The van der Waals surface area contributed by atoms with Crippen LogP contribution >= 0.6 is 23.2 Å². The number of amides is 1. The molecule has 1 fully saturated rings. The van der Waals surface area contributed by atoms with E-state index in [9.17, 15) is 4.79 Å². The first kappa shape index (κ1) is 15.4. The van der Waals surface area contributed by atoms with Crippen molar-refractivity contribution in [1.29, 1.82) is 0 Å². The highest BCUT2D eigenvalue weighted by Crippen LogP contribution is 2.36. The number of hydrogen-bond donors (Lipinski definition) is 1. The van der Waals surface area contributed by atoms with Crippen LogP contribution in [0, 0.1) is 5.92 Å². The maximum absolute atomic E-state index is 12.1. The van der Waals surface area contributed by atoms with Gasteiger partial charge in [-0.25, -0.2) is 9.97 Å². The summed E-state index contributed by atoms with van der Waals surface area (Å²) in [6.45, 7) is 0. The van der Waals surface area contributed by atoms with Gasteiger partial charge in [0.2, 0.25) is 5.91 Å². The van der Waals surface area contributed by atoms with E-state index in [4.69, 9.17) is 23.2 Å². The number of benzene rings is 1. The minimum Gasteiger partial charge on any atom is -0.327 e. The number of fused-ring (bicyclic) bond motifs is 1. The van der Waals surface area contributed by atoms with Crippen molar-refractivity contribution < 1.29 is 4.79 Å². The maximum Gasteiger partial charge on any atom is 0.228 e. The quantitative estimate of drug-likeness (QED) is 0.757. The fourth-order valence-corrected chi connectivity index (χ4v) is 3.28. The molecule has 7 heteroatoms. The van der Waals surface area contributed by atoms with Gasteiger partial charge in [-0.1, -0.05) is 29.3 Å². The molecular formula is C17H14Cl2N4O. The van der Waals surface area contributed by atoms with Crippen LogP contribution in [-0.4, -0.2) is 20.4 Å². The molecule has 0 atom stereocenters. The molecule has 24 heavy (non-hydrogen) atoms. The third-order valence-electron chi connectivity index (χ3n) is 4.18. The van der Waals surface area contributed by atoms with Gasteiger partial charge >= 0.3 is 0 Å². The van der Waals surface area contributed by atoms with E-state index in [1.54, 1.807) is 24.4 Å². The Morgan fingerprint density at radius 1 is 1.25 bits per heavy atom. The molecule has 2 heterocycles. The summed E-state index contributed by atoms with van der Waals surface area (Å²) in [4.78, 5) is 21.0. The predicted octanol–water partition coefficient (Wildman–Crippen LogP) is 4.29.